The zero-order valence-corrected chi connectivity index (χ0v) is 10.0. The maximum Gasteiger partial charge on any atom is 0.0725 e. The smallest absolute Gasteiger partial charge is 0.0725 e. The molecule has 0 saturated heterocycles. The molecule has 2 heteroatoms. The van der Waals surface area contributed by atoms with Crippen LogP contribution in [0.2, 0.25) is 0 Å². The van der Waals surface area contributed by atoms with E-state index in [1.54, 1.807) is 7.11 Å². The van der Waals surface area contributed by atoms with Crippen molar-refractivity contribution < 1.29 is 4.74 Å². The molecule has 0 heterocycles. The fourth-order valence-corrected chi connectivity index (χ4v) is 2.42. The predicted molar refractivity (Wildman–Crippen MR) is 60.2 cm³/mol. The molecule has 0 bridgehead atoms. The molecule has 84 valence electrons. The van der Waals surface area contributed by atoms with Crippen LogP contribution in [0.4, 0.5) is 0 Å². The molecule has 0 aromatic carbocycles. The van der Waals surface area contributed by atoms with Crippen LogP contribution >= 0.6 is 0 Å². The van der Waals surface area contributed by atoms with Crippen molar-refractivity contribution in [3.8, 4) is 0 Å². The Bertz CT molecular complexity index is 179. The second-order valence-electron chi connectivity index (χ2n) is 5.29. The maximum absolute atomic E-state index is 6.01. The summed E-state index contributed by atoms with van der Waals surface area (Å²) in [6, 6.07) is 0.254. The van der Waals surface area contributed by atoms with Crippen LogP contribution in [-0.2, 0) is 4.74 Å². The molecule has 3 atom stereocenters. The van der Waals surface area contributed by atoms with Gasteiger partial charge in [-0.25, -0.2) is 0 Å². The van der Waals surface area contributed by atoms with Crippen LogP contribution < -0.4 is 5.73 Å². The highest BCUT2D eigenvalue weighted by Crippen LogP contribution is 2.40. The van der Waals surface area contributed by atoms with Crippen molar-refractivity contribution in [3.63, 3.8) is 0 Å². The Kier molecular flexibility index (Phi) is 3.96. The molecule has 1 saturated carbocycles. The summed E-state index contributed by atoms with van der Waals surface area (Å²) in [5.74, 6) is 0.775. The molecule has 3 unspecified atom stereocenters. The zero-order valence-electron chi connectivity index (χ0n) is 10.0. The molecule has 1 aliphatic carbocycles. The molecule has 0 radical (unpaired) electrons. The third-order valence-electron chi connectivity index (χ3n) is 4.16. The predicted octanol–water partition coefficient (Wildman–Crippen LogP) is 2.57. The van der Waals surface area contributed by atoms with Crippen molar-refractivity contribution in [2.24, 2.45) is 17.1 Å². The largest absolute Gasteiger partial charge is 0.380 e. The highest BCUT2D eigenvalue weighted by Gasteiger charge is 2.35. The Morgan fingerprint density at radius 3 is 2.50 bits per heavy atom. The first-order valence-corrected chi connectivity index (χ1v) is 5.79. The molecule has 0 aromatic rings. The molecule has 1 rings (SSSR count). The lowest BCUT2D eigenvalue weighted by atomic mass is 9.68. The van der Waals surface area contributed by atoms with Gasteiger partial charge in [0.1, 0.15) is 0 Å². The summed E-state index contributed by atoms with van der Waals surface area (Å²) >= 11 is 0. The quantitative estimate of drug-likeness (QED) is 0.758. The average molecular weight is 199 g/mol. The Labute approximate surface area is 88.2 Å². The lowest BCUT2D eigenvalue weighted by molar-refractivity contribution is 0.00416. The molecular formula is C12H25NO. The number of methoxy groups -OCH3 is 1. The summed E-state index contributed by atoms with van der Waals surface area (Å²) in [5.41, 5.74) is 6.45. The highest BCUT2D eigenvalue weighted by atomic mass is 16.5. The van der Waals surface area contributed by atoms with Gasteiger partial charge in [0.25, 0.3) is 0 Å². The van der Waals surface area contributed by atoms with Crippen LogP contribution in [0, 0.1) is 11.3 Å². The Morgan fingerprint density at radius 1 is 1.36 bits per heavy atom. The number of hydrogen-bond acceptors (Lipinski definition) is 2. The minimum absolute atomic E-state index is 0.254. The molecule has 14 heavy (non-hydrogen) atoms. The van der Waals surface area contributed by atoms with Gasteiger partial charge in [-0.1, -0.05) is 27.2 Å². The van der Waals surface area contributed by atoms with Crippen LogP contribution in [0.25, 0.3) is 0 Å². The highest BCUT2D eigenvalue weighted by molar-refractivity contribution is 4.89. The molecule has 0 aromatic heterocycles. The third kappa shape index (κ3) is 2.48. The van der Waals surface area contributed by atoms with Gasteiger partial charge in [0.05, 0.1) is 6.10 Å². The van der Waals surface area contributed by atoms with E-state index in [4.69, 9.17) is 10.5 Å². The van der Waals surface area contributed by atoms with E-state index in [1.165, 1.54) is 12.8 Å². The van der Waals surface area contributed by atoms with E-state index in [0.29, 0.717) is 5.41 Å². The number of nitrogens with two attached hydrogens (primary N) is 1. The van der Waals surface area contributed by atoms with E-state index in [2.05, 4.69) is 20.8 Å². The molecule has 2 nitrogen and oxygen atoms in total. The fourth-order valence-electron chi connectivity index (χ4n) is 2.42. The molecule has 0 spiro atoms. The lowest BCUT2D eigenvalue weighted by Gasteiger charge is -2.41. The Balaban J connectivity index is 2.58. The molecule has 1 fully saturated rings. The van der Waals surface area contributed by atoms with Gasteiger partial charge in [0, 0.05) is 13.2 Å². The van der Waals surface area contributed by atoms with Crippen molar-refractivity contribution in [3.05, 3.63) is 0 Å². The zero-order chi connectivity index (χ0) is 10.8. The molecule has 2 N–H and O–H groups in total. The lowest BCUT2D eigenvalue weighted by Crippen LogP contribution is -2.44. The SMILES string of the molecule is CCC(C)(C)C1CCC(N)C(OC)C1. The van der Waals surface area contributed by atoms with Crippen LogP contribution in [0.15, 0.2) is 0 Å². The van der Waals surface area contributed by atoms with Gasteiger partial charge in [0.2, 0.25) is 0 Å². The Morgan fingerprint density at radius 2 is 2.00 bits per heavy atom. The molecule has 0 aliphatic heterocycles. The van der Waals surface area contributed by atoms with Gasteiger partial charge < -0.3 is 10.5 Å². The van der Waals surface area contributed by atoms with E-state index < -0.39 is 0 Å². The topological polar surface area (TPSA) is 35.2 Å². The van der Waals surface area contributed by atoms with Gasteiger partial charge in [-0.05, 0) is 30.6 Å². The average Bonchev–Trinajstić information content (AvgIpc) is 2.18. The van der Waals surface area contributed by atoms with E-state index in [-0.39, 0.29) is 12.1 Å². The van der Waals surface area contributed by atoms with Crippen LogP contribution in [0.3, 0.4) is 0 Å². The van der Waals surface area contributed by atoms with E-state index in [0.717, 1.165) is 18.8 Å². The van der Waals surface area contributed by atoms with Crippen LogP contribution in [-0.4, -0.2) is 19.3 Å². The van der Waals surface area contributed by atoms with Crippen molar-refractivity contribution >= 4 is 0 Å². The van der Waals surface area contributed by atoms with Crippen molar-refractivity contribution in [2.45, 2.75) is 58.6 Å². The fraction of sp³-hybridized carbons (Fsp3) is 1.00. The molecule has 0 amide bonds. The third-order valence-corrected chi connectivity index (χ3v) is 4.16. The van der Waals surface area contributed by atoms with Gasteiger partial charge in [0.15, 0.2) is 0 Å². The normalized spacial score (nSPS) is 34.5. The maximum atomic E-state index is 6.01. The monoisotopic (exact) mass is 199 g/mol. The second-order valence-corrected chi connectivity index (χ2v) is 5.29. The molecule has 1 aliphatic rings. The van der Waals surface area contributed by atoms with Gasteiger partial charge in [-0.3, -0.25) is 0 Å². The van der Waals surface area contributed by atoms with E-state index >= 15 is 0 Å². The number of hydrogen-bond donors (Lipinski definition) is 1. The Hall–Kier alpha value is -0.0800. The minimum Gasteiger partial charge on any atom is -0.380 e. The second kappa shape index (κ2) is 4.63. The van der Waals surface area contributed by atoms with Gasteiger partial charge >= 0.3 is 0 Å². The minimum atomic E-state index is 0.254. The van der Waals surface area contributed by atoms with Crippen molar-refractivity contribution in [1.29, 1.82) is 0 Å². The summed E-state index contributed by atoms with van der Waals surface area (Å²) in [4.78, 5) is 0. The van der Waals surface area contributed by atoms with E-state index in [9.17, 15) is 0 Å². The first-order valence-electron chi connectivity index (χ1n) is 5.79. The van der Waals surface area contributed by atoms with Gasteiger partial charge in [-0.2, -0.15) is 0 Å². The first-order chi connectivity index (χ1) is 6.51. The number of ether oxygens (including phenoxy) is 1. The van der Waals surface area contributed by atoms with Crippen molar-refractivity contribution in [1.82, 2.24) is 0 Å². The van der Waals surface area contributed by atoms with Gasteiger partial charge in [-0.15, -0.1) is 0 Å². The number of rotatable bonds is 3. The van der Waals surface area contributed by atoms with Crippen molar-refractivity contribution in [2.75, 3.05) is 7.11 Å². The standard InChI is InChI=1S/C12H25NO/c1-5-12(2,3)9-6-7-10(13)11(8-9)14-4/h9-11H,5-8,13H2,1-4H3. The molecular weight excluding hydrogens is 174 g/mol. The van der Waals surface area contributed by atoms with Crippen LogP contribution in [0.5, 0.6) is 0 Å². The summed E-state index contributed by atoms with van der Waals surface area (Å²) in [5, 5.41) is 0. The summed E-state index contributed by atoms with van der Waals surface area (Å²) in [6.45, 7) is 7.00. The first kappa shape index (κ1) is 12.0. The summed E-state index contributed by atoms with van der Waals surface area (Å²) < 4.78 is 5.45. The van der Waals surface area contributed by atoms with E-state index in [1.807, 2.05) is 0 Å². The van der Waals surface area contributed by atoms with Crippen LogP contribution in [0.1, 0.15) is 46.5 Å². The summed E-state index contributed by atoms with van der Waals surface area (Å²) in [7, 11) is 1.78. The summed E-state index contributed by atoms with van der Waals surface area (Å²) in [6.07, 6.45) is 5.04.